The van der Waals surface area contributed by atoms with Gasteiger partial charge in [0.25, 0.3) is 0 Å². The third-order valence-corrected chi connectivity index (χ3v) is 4.22. The number of rotatable bonds is 6. The van der Waals surface area contributed by atoms with Crippen LogP contribution in [0, 0.1) is 5.82 Å². The topological polar surface area (TPSA) is 57.1 Å². The van der Waals surface area contributed by atoms with Gasteiger partial charge in [0.2, 0.25) is 5.90 Å². The molecule has 0 unspecified atom stereocenters. The molecule has 0 radical (unpaired) electrons. The molecule has 0 fully saturated rings. The van der Waals surface area contributed by atoms with Crippen LogP contribution in [-0.2, 0) is 9.53 Å². The van der Waals surface area contributed by atoms with Gasteiger partial charge in [0.1, 0.15) is 5.82 Å². The maximum absolute atomic E-state index is 13.1. The molecule has 0 aliphatic carbocycles. The molecule has 2 aromatic rings. The van der Waals surface area contributed by atoms with Gasteiger partial charge in [0.15, 0.2) is 17.2 Å². The highest BCUT2D eigenvalue weighted by atomic mass is 79.9. The molecule has 1 aliphatic heterocycles. The van der Waals surface area contributed by atoms with E-state index in [0.29, 0.717) is 40.3 Å². The molecule has 0 atom stereocenters. The van der Waals surface area contributed by atoms with Crippen molar-refractivity contribution in [3.63, 3.8) is 0 Å². The lowest BCUT2D eigenvalue weighted by Gasteiger charge is -2.13. The number of aliphatic imine (C=N–C) groups is 1. The molecular weight excluding hydrogens is 417 g/mol. The van der Waals surface area contributed by atoms with Crippen molar-refractivity contribution in [1.29, 1.82) is 0 Å². The van der Waals surface area contributed by atoms with Crippen molar-refractivity contribution < 1.29 is 23.4 Å². The SMILES string of the molecule is CCOc1cc(/C=C2\N=C(c3ccc(F)cc3)OC2=O)cc(Br)c1OCC. The van der Waals surface area contributed by atoms with Crippen LogP contribution < -0.4 is 9.47 Å². The molecule has 0 aromatic heterocycles. The molecule has 0 saturated carbocycles. The lowest BCUT2D eigenvalue weighted by molar-refractivity contribution is -0.129. The molecule has 27 heavy (non-hydrogen) atoms. The van der Waals surface area contributed by atoms with Crippen LogP contribution >= 0.6 is 15.9 Å². The maximum atomic E-state index is 13.1. The first-order valence-electron chi connectivity index (χ1n) is 8.39. The lowest BCUT2D eigenvalue weighted by atomic mass is 10.1. The zero-order valence-corrected chi connectivity index (χ0v) is 16.4. The molecular formula is C20H17BrFNO4. The van der Waals surface area contributed by atoms with Crippen LogP contribution in [0.4, 0.5) is 4.39 Å². The van der Waals surface area contributed by atoms with E-state index < -0.39 is 5.97 Å². The average Bonchev–Trinajstić information content (AvgIpc) is 2.99. The minimum Gasteiger partial charge on any atom is -0.490 e. The van der Waals surface area contributed by atoms with Gasteiger partial charge in [-0.3, -0.25) is 0 Å². The van der Waals surface area contributed by atoms with Gasteiger partial charge in [-0.25, -0.2) is 14.2 Å². The molecule has 0 saturated heterocycles. The Morgan fingerprint density at radius 1 is 1.15 bits per heavy atom. The Kier molecular flexibility index (Phi) is 5.91. The number of carbonyl (C=O) groups is 1. The van der Waals surface area contributed by atoms with E-state index in [1.54, 1.807) is 18.2 Å². The summed E-state index contributed by atoms with van der Waals surface area (Å²) in [6.07, 6.45) is 1.60. The summed E-state index contributed by atoms with van der Waals surface area (Å²) in [7, 11) is 0. The number of carbonyl (C=O) groups excluding carboxylic acids is 1. The average molecular weight is 434 g/mol. The molecule has 0 bridgehead atoms. The minimum atomic E-state index is -0.572. The van der Waals surface area contributed by atoms with Crippen LogP contribution in [-0.4, -0.2) is 25.1 Å². The molecule has 0 spiro atoms. The summed E-state index contributed by atoms with van der Waals surface area (Å²) < 4.78 is 30.2. The van der Waals surface area contributed by atoms with E-state index in [9.17, 15) is 9.18 Å². The van der Waals surface area contributed by atoms with E-state index >= 15 is 0 Å². The summed E-state index contributed by atoms with van der Waals surface area (Å²) in [4.78, 5) is 16.4. The number of ether oxygens (including phenoxy) is 3. The molecule has 0 amide bonds. The predicted molar refractivity (Wildman–Crippen MR) is 103 cm³/mol. The highest BCUT2D eigenvalue weighted by molar-refractivity contribution is 9.10. The Labute approximate surface area is 164 Å². The van der Waals surface area contributed by atoms with Gasteiger partial charge in [-0.2, -0.15) is 0 Å². The summed E-state index contributed by atoms with van der Waals surface area (Å²) in [5, 5.41) is 0. The Balaban J connectivity index is 1.95. The van der Waals surface area contributed by atoms with Crippen LogP contribution in [0.3, 0.4) is 0 Å². The van der Waals surface area contributed by atoms with Crippen molar-refractivity contribution in [3.05, 3.63) is 63.5 Å². The van der Waals surface area contributed by atoms with Crippen LogP contribution in [0.2, 0.25) is 0 Å². The molecule has 3 rings (SSSR count). The van der Waals surface area contributed by atoms with E-state index in [-0.39, 0.29) is 17.4 Å². The highest BCUT2D eigenvalue weighted by Gasteiger charge is 2.24. The highest BCUT2D eigenvalue weighted by Crippen LogP contribution is 2.37. The second-order valence-corrected chi connectivity index (χ2v) is 6.39. The summed E-state index contributed by atoms with van der Waals surface area (Å²) in [6.45, 7) is 4.73. The molecule has 140 valence electrons. The number of halogens is 2. The van der Waals surface area contributed by atoms with Gasteiger partial charge in [-0.15, -0.1) is 0 Å². The number of esters is 1. The molecule has 0 N–H and O–H groups in total. The Morgan fingerprint density at radius 2 is 1.85 bits per heavy atom. The predicted octanol–water partition coefficient (Wildman–Crippen LogP) is 4.73. The quantitative estimate of drug-likeness (QED) is 0.487. The first kappa shape index (κ1) is 19.1. The van der Waals surface area contributed by atoms with Crippen molar-refractivity contribution in [2.24, 2.45) is 4.99 Å². The Morgan fingerprint density at radius 3 is 2.52 bits per heavy atom. The zero-order chi connectivity index (χ0) is 19.4. The van der Waals surface area contributed by atoms with Gasteiger partial charge in [0.05, 0.1) is 17.7 Å². The van der Waals surface area contributed by atoms with Gasteiger partial charge in [-0.1, -0.05) is 0 Å². The second-order valence-electron chi connectivity index (χ2n) is 5.54. The number of benzene rings is 2. The Hall–Kier alpha value is -2.67. The van der Waals surface area contributed by atoms with Gasteiger partial charge in [0, 0.05) is 5.56 Å². The fourth-order valence-electron chi connectivity index (χ4n) is 2.50. The summed E-state index contributed by atoms with van der Waals surface area (Å²) in [5.41, 5.74) is 1.37. The molecule has 1 aliphatic rings. The minimum absolute atomic E-state index is 0.140. The number of nitrogens with zero attached hydrogens (tertiary/aromatic N) is 1. The van der Waals surface area contributed by atoms with Crippen molar-refractivity contribution in [2.45, 2.75) is 13.8 Å². The molecule has 5 nitrogen and oxygen atoms in total. The van der Waals surface area contributed by atoms with Crippen LogP contribution in [0.1, 0.15) is 25.0 Å². The molecule has 2 aromatic carbocycles. The van der Waals surface area contributed by atoms with Crippen molar-refractivity contribution in [3.8, 4) is 11.5 Å². The standard InChI is InChI=1S/C20H17BrFNO4/c1-3-25-17-11-12(9-15(21)18(17)26-4-2)10-16-20(24)27-19(23-16)13-5-7-14(22)8-6-13/h5-11H,3-4H2,1-2H3/b16-10-. The number of hydrogen-bond donors (Lipinski definition) is 0. The van der Waals surface area contributed by atoms with Crippen molar-refractivity contribution >= 4 is 33.9 Å². The largest absolute Gasteiger partial charge is 0.490 e. The fourth-order valence-corrected chi connectivity index (χ4v) is 3.08. The van der Waals surface area contributed by atoms with Crippen LogP contribution in [0.5, 0.6) is 11.5 Å². The number of hydrogen-bond acceptors (Lipinski definition) is 5. The van der Waals surface area contributed by atoms with E-state index in [1.165, 1.54) is 24.3 Å². The second kappa shape index (κ2) is 8.35. The van der Waals surface area contributed by atoms with Crippen molar-refractivity contribution in [1.82, 2.24) is 0 Å². The summed E-state index contributed by atoms with van der Waals surface area (Å²) >= 11 is 3.47. The first-order valence-corrected chi connectivity index (χ1v) is 9.18. The van der Waals surface area contributed by atoms with Crippen molar-refractivity contribution in [2.75, 3.05) is 13.2 Å². The van der Waals surface area contributed by atoms with Crippen LogP contribution in [0.25, 0.3) is 6.08 Å². The third-order valence-electron chi connectivity index (χ3n) is 3.64. The van der Waals surface area contributed by atoms with E-state index in [2.05, 4.69) is 20.9 Å². The summed E-state index contributed by atoms with van der Waals surface area (Å²) in [6, 6.07) is 9.15. The fraction of sp³-hybridized carbons (Fsp3) is 0.200. The van der Waals surface area contributed by atoms with E-state index in [0.717, 1.165) is 0 Å². The summed E-state index contributed by atoms with van der Waals surface area (Å²) in [5.74, 6) is 0.362. The van der Waals surface area contributed by atoms with Gasteiger partial charge in [-0.05, 0) is 77.8 Å². The molecule has 7 heteroatoms. The van der Waals surface area contributed by atoms with Gasteiger partial charge >= 0.3 is 5.97 Å². The van der Waals surface area contributed by atoms with Gasteiger partial charge < -0.3 is 14.2 Å². The monoisotopic (exact) mass is 433 g/mol. The lowest BCUT2D eigenvalue weighted by Crippen LogP contribution is -2.05. The number of cyclic esters (lactones) is 1. The maximum Gasteiger partial charge on any atom is 0.363 e. The zero-order valence-electron chi connectivity index (χ0n) is 14.8. The third kappa shape index (κ3) is 4.36. The normalized spacial score (nSPS) is 14.9. The van der Waals surface area contributed by atoms with E-state index in [4.69, 9.17) is 14.2 Å². The first-order chi connectivity index (χ1) is 13.0. The molecule has 1 heterocycles. The van der Waals surface area contributed by atoms with Crippen LogP contribution in [0.15, 0.2) is 51.6 Å². The smallest absolute Gasteiger partial charge is 0.363 e. The van der Waals surface area contributed by atoms with E-state index in [1.807, 2.05) is 13.8 Å². The Bertz CT molecular complexity index is 922.